The van der Waals surface area contributed by atoms with Crippen molar-refractivity contribution in [1.82, 2.24) is 24.8 Å². The fourth-order valence-corrected chi connectivity index (χ4v) is 3.85. The molecule has 1 fully saturated rings. The summed E-state index contributed by atoms with van der Waals surface area (Å²) in [5.74, 6) is 0.849. The lowest BCUT2D eigenvalue weighted by Gasteiger charge is -2.28. The van der Waals surface area contributed by atoms with E-state index in [1.807, 2.05) is 60.6 Å². The zero-order valence-corrected chi connectivity index (χ0v) is 15.8. The number of aliphatic hydroxyl groups excluding tert-OH is 1. The van der Waals surface area contributed by atoms with Gasteiger partial charge in [-0.3, -0.25) is 4.98 Å². The third kappa shape index (κ3) is 3.31. The lowest BCUT2D eigenvalue weighted by molar-refractivity contribution is 0.220. The normalized spacial score (nSPS) is 19.3. The third-order valence-corrected chi connectivity index (χ3v) is 5.12. The fraction of sp³-hybridized carbons (Fsp3) is 0.250. The SMILES string of the molecule is Cc1ccc(-n2cccc2[C@H]2[C@@H](c3ccccn3)NC(=S)N2CCO)nc1. The van der Waals surface area contributed by atoms with Crippen LogP contribution in [0.15, 0.2) is 61.1 Å². The van der Waals surface area contributed by atoms with E-state index < -0.39 is 0 Å². The Labute approximate surface area is 163 Å². The molecule has 1 aliphatic rings. The quantitative estimate of drug-likeness (QED) is 0.664. The van der Waals surface area contributed by atoms with Crippen LogP contribution in [0.2, 0.25) is 0 Å². The maximum Gasteiger partial charge on any atom is 0.170 e. The highest BCUT2D eigenvalue weighted by atomic mass is 32.1. The van der Waals surface area contributed by atoms with E-state index in [1.54, 1.807) is 6.20 Å². The van der Waals surface area contributed by atoms with Gasteiger partial charge in [0.2, 0.25) is 0 Å². The number of nitrogens with zero attached hydrogens (tertiary/aromatic N) is 4. The van der Waals surface area contributed by atoms with Crippen LogP contribution < -0.4 is 5.32 Å². The van der Waals surface area contributed by atoms with Crippen molar-refractivity contribution in [3.63, 3.8) is 0 Å². The standard InChI is InChI=1S/C20H21N5OS/c1-14-7-8-17(22-13-14)24-10-4-6-16(24)19-18(15-5-2-3-9-21-15)23-20(27)25(19)11-12-26/h2-10,13,18-19,26H,11-12H2,1H3,(H,23,27)/t18-,19+/m1/s1. The monoisotopic (exact) mass is 379 g/mol. The summed E-state index contributed by atoms with van der Waals surface area (Å²) >= 11 is 5.56. The van der Waals surface area contributed by atoms with Gasteiger partial charge in [-0.25, -0.2) is 4.98 Å². The molecule has 4 heterocycles. The van der Waals surface area contributed by atoms with Crippen LogP contribution in [-0.2, 0) is 0 Å². The average molecular weight is 379 g/mol. The molecule has 0 radical (unpaired) electrons. The van der Waals surface area contributed by atoms with E-state index in [1.165, 1.54) is 0 Å². The molecule has 0 aliphatic carbocycles. The number of aromatic nitrogens is 3. The number of hydrogen-bond donors (Lipinski definition) is 2. The van der Waals surface area contributed by atoms with E-state index in [0.717, 1.165) is 22.8 Å². The Morgan fingerprint density at radius 1 is 1.15 bits per heavy atom. The van der Waals surface area contributed by atoms with Crippen LogP contribution in [0.5, 0.6) is 0 Å². The van der Waals surface area contributed by atoms with Gasteiger partial charge in [0.15, 0.2) is 5.11 Å². The molecule has 7 heteroatoms. The molecule has 4 rings (SSSR count). The highest BCUT2D eigenvalue weighted by Crippen LogP contribution is 2.39. The van der Waals surface area contributed by atoms with Gasteiger partial charge in [0.25, 0.3) is 0 Å². The van der Waals surface area contributed by atoms with Gasteiger partial charge in [-0.15, -0.1) is 0 Å². The Balaban J connectivity index is 1.80. The van der Waals surface area contributed by atoms with Crippen molar-refractivity contribution in [3.8, 4) is 5.82 Å². The second-order valence-corrected chi connectivity index (χ2v) is 6.93. The average Bonchev–Trinajstić information content (AvgIpc) is 3.28. The van der Waals surface area contributed by atoms with Crippen molar-refractivity contribution in [2.45, 2.75) is 19.0 Å². The molecule has 2 atom stereocenters. The van der Waals surface area contributed by atoms with Crippen LogP contribution in [0.25, 0.3) is 5.82 Å². The maximum atomic E-state index is 9.57. The van der Waals surface area contributed by atoms with Gasteiger partial charge in [-0.05, 0) is 55.0 Å². The molecule has 0 amide bonds. The molecular weight excluding hydrogens is 358 g/mol. The third-order valence-electron chi connectivity index (χ3n) is 4.76. The van der Waals surface area contributed by atoms with Crippen molar-refractivity contribution in [2.75, 3.05) is 13.2 Å². The van der Waals surface area contributed by atoms with E-state index in [2.05, 4.69) is 25.9 Å². The molecular formula is C20H21N5OS. The Morgan fingerprint density at radius 2 is 2.04 bits per heavy atom. The van der Waals surface area contributed by atoms with Crippen LogP contribution in [0.1, 0.15) is 29.0 Å². The Hall–Kier alpha value is -2.77. The zero-order valence-electron chi connectivity index (χ0n) is 15.0. The summed E-state index contributed by atoms with van der Waals surface area (Å²) in [7, 11) is 0. The van der Waals surface area contributed by atoms with E-state index in [4.69, 9.17) is 12.2 Å². The molecule has 6 nitrogen and oxygen atoms in total. The van der Waals surface area contributed by atoms with Gasteiger partial charge in [0.05, 0.1) is 24.4 Å². The molecule has 0 bridgehead atoms. The number of pyridine rings is 2. The number of aliphatic hydroxyl groups is 1. The van der Waals surface area contributed by atoms with E-state index in [0.29, 0.717) is 11.7 Å². The molecule has 3 aromatic rings. The first-order valence-electron chi connectivity index (χ1n) is 8.88. The summed E-state index contributed by atoms with van der Waals surface area (Å²) in [5, 5.41) is 13.6. The van der Waals surface area contributed by atoms with E-state index >= 15 is 0 Å². The first-order valence-corrected chi connectivity index (χ1v) is 9.29. The highest BCUT2D eigenvalue weighted by molar-refractivity contribution is 7.80. The fourth-order valence-electron chi connectivity index (χ4n) is 3.52. The van der Waals surface area contributed by atoms with Crippen LogP contribution in [0, 0.1) is 6.92 Å². The molecule has 27 heavy (non-hydrogen) atoms. The molecule has 0 aromatic carbocycles. The van der Waals surface area contributed by atoms with Crippen LogP contribution >= 0.6 is 12.2 Å². The Bertz CT molecular complexity index is 925. The van der Waals surface area contributed by atoms with Crippen LogP contribution in [0.3, 0.4) is 0 Å². The summed E-state index contributed by atoms with van der Waals surface area (Å²) < 4.78 is 2.07. The first-order chi connectivity index (χ1) is 13.2. The molecule has 3 aromatic heterocycles. The minimum absolute atomic E-state index is 0.0246. The molecule has 0 spiro atoms. The summed E-state index contributed by atoms with van der Waals surface area (Å²) in [6, 6.07) is 13.8. The Morgan fingerprint density at radius 3 is 2.74 bits per heavy atom. The van der Waals surface area contributed by atoms with Gasteiger partial charge in [-0.2, -0.15) is 0 Å². The molecule has 0 saturated carbocycles. The molecule has 0 unspecified atom stereocenters. The summed E-state index contributed by atoms with van der Waals surface area (Å²) in [6.45, 7) is 2.50. The van der Waals surface area contributed by atoms with Crippen molar-refractivity contribution in [1.29, 1.82) is 0 Å². The summed E-state index contributed by atoms with van der Waals surface area (Å²) in [6.07, 6.45) is 5.64. The smallest absolute Gasteiger partial charge is 0.170 e. The van der Waals surface area contributed by atoms with E-state index in [9.17, 15) is 5.11 Å². The zero-order chi connectivity index (χ0) is 18.8. The number of nitrogens with one attached hydrogen (secondary N) is 1. The van der Waals surface area contributed by atoms with Crippen molar-refractivity contribution < 1.29 is 5.11 Å². The first kappa shape index (κ1) is 17.6. The predicted molar refractivity (Wildman–Crippen MR) is 108 cm³/mol. The summed E-state index contributed by atoms with van der Waals surface area (Å²) in [4.78, 5) is 11.1. The second-order valence-electron chi connectivity index (χ2n) is 6.54. The maximum absolute atomic E-state index is 9.57. The Kier molecular flexibility index (Phi) is 4.87. The summed E-state index contributed by atoms with van der Waals surface area (Å²) in [5.41, 5.74) is 3.07. The minimum Gasteiger partial charge on any atom is -0.395 e. The number of rotatable bonds is 5. The molecule has 1 aliphatic heterocycles. The largest absolute Gasteiger partial charge is 0.395 e. The second kappa shape index (κ2) is 7.46. The van der Waals surface area contributed by atoms with Gasteiger partial charge in [-0.1, -0.05) is 12.1 Å². The van der Waals surface area contributed by atoms with Gasteiger partial charge >= 0.3 is 0 Å². The van der Waals surface area contributed by atoms with Crippen LogP contribution in [-0.4, -0.2) is 42.8 Å². The number of hydrogen-bond acceptors (Lipinski definition) is 4. The van der Waals surface area contributed by atoms with E-state index in [-0.39, 0.29) is 18.7 Å². The lowest BCUT2D eigenvalue weighted by Crippen LogP contribution is -2.33. The molecule has 2 N–H and O–H groups in total. The number of thiocarbonyl (C=S) groups is 1. The van der Waals surface area contributed by atoms with Gasteiger partial charge < -0.3 is 19.9 Å². The van der Waals surface area contributed by atoms with Crippen molar-refractivity contribution in [3.05, 3.63) is 78.0 Å². The predicted octanol–water partition coefficient (Wildman–Crippen LogP) is 2.54. The topological polar surface area (TPSA) is 66.2 Å². The minimum atomic E-state index is -0.107. The van der Waals surface area contributed by atoms with Crippen LogP contribution in [0.4, 0.5) is 0 Å². The highest BCUT2D eigenvalue weighted by Gasteiger charge is 2.40. The number of β-amino-alcohol motifs (C(OH)–C–C–N with tert-alkyl or cyclic N) is 1. The molecule has 138 valence electrons. The van der Waals surface area contributed by atoms with Gasteiger partial charge in [0, 0.05) is 30.8 Å². The lowest BCUT2D eigenvalue weighted by atomic mass is 10.0. The van der Waals surface area contributed by atoms with Crippen molar-refractivity contribution in [2.24, 2.45) is 0 Å². The van der Waals surface area contributed by atoms with Crippen molar-refractivity contribution >= 4 is 17.3 Å². The van der Waals surface area contributed by atoms with Gasteiger partial charge in [0.1, 0.15) is 5.82 Å². The molecule has 1 saturated heterocycles. The number of aryl methyl sites for hydroxylation is 1.